The van der Waals surface area contributed by atoms with Crippen molar-refractivity contribution < 1.29 is 10.0 Å². The highest BCUT2D eigenvalue weighted by Gasteiger charge is 2.04. The summed E-state index contributed by atoms with van der Waals surface area (Å²) >= 11 is 11.4. The third-order valence-electron chi connectivity index (χ3n) is 1.28. The molecule has 0 fully saturated rings. The van der Waals surface area contributed by atoms with Gasteiger partial charge in [0.2, 0.25) is 0 Å². The average molecular weight is 221 g/mol. The van der Waals surface area contributed by atoms with Gasteiger partial charge in [-0.1, -0.05) is 23.2 Å². The molecule has 0 aromatic heterocycles. The topological polar surface area (TPSA) is 61.4 Å². The second-order valence-electron chi connectivity index (χ2n) is 2.19. The summed E-state index contributed by atoms with van der Waals surface area (Å²) in [6.07, 6.45) is 0. The Morgan fingerprint density at radius 1 is 1.38 bits per heavy atom. The van der Waals surface area contributed by atoms with Gasteiger partial charge in [-0.05, 0) is 18.2 Å². The molecule has 0 aliphatic rings. The fourth-order valence-electron chi connectivity index (χ4n) is 0.744. The Labute approximate surface area is 84.4 Å². The van der Waals surface area contributed by atoms with E-state index in [4.69, 9.17) is 28.4 Å². The van der Waals surface area contributed by atoms with Crippen molar-refractivity contribution in [3.8, 4) is 0 Å². The number of halogens is 2. The number of hydrogen-bond acceptors (Lipinski definition) is 2. The number of rotatable bonds is 1. The van der Waals surface area contributed by atoms with Gasteiger partial charge < -0.3 is 5.32 Å². The first-order valence-electron chi connectivity index (χ1n) is 3.29. The van der Waals surface area contributed by atoms with Crippen molar-refractivity contribution in [2.75, 3.05) is 5.32 Å². The van der Waals surface area contributed by atoms with Crippen LogP contribution in [0.5, 0.6) is 0 Å². The molecule has 2 amide bonds. The van der Waals surface area contributed by atoms with Crippen LogP contribution in [0.1, 0.15) is 0 Å². The Balaban J connectivity index is 2.87. The Morgan fingerprint density at radius 3 is 2.69 bits per heavy atom. The van der Waals surface area contributed by atoms with Crippen LogP contribution >= 0.6 is 23.2 Å². The quantitative estimate of drug-likeness (QED) is 0.504. The lowest BCUT2D eigenvalue weighted by Gasteiger charge is -2.05. The van der Waals surface area contributed by atoms with Crippen LogP contribution in [0.4, 0.5) is 10.5 Å². The van der Waals surface area contributed by atoms with Crippen molar-refractivity contribution in [3.05, 3.63) is 28.2 Å². The SMILES string of the molecule is O=C(NO)Nc1cc(Cl)ccc1Cl. The van der Waals surface area contributed by atoms with Gasteiger partial charge in [-0.15, -0.1) is 0 Å². The molecule has 3 N–H and O–H groups in total. The first-order valence-corrected chi connectivity index (χ1v) is 4.05. The zero-order chi connectivity index (χ0) is 9.84. The summed E-state index contributed by atoms with van der Waals surface area (Å²) in [7, 11) is 0. The normalized spacial score (nSPS) is 9.46. The molecule has 1 aromatic rings. The molecule has 0 spiro atoms. The molecule has 0 aliphatic carbocycles. The summed E-state index contributed by atoms with van der Waals surface area (Å²) in [6.45, 7) is 0. The van der Waals surface area contributed by atoms with E-state index < -0.39 is 6.03 Å². The van der Waals surface area contributed by atoms with Crippen LogP contribution < -0.4 is 10.8 Å². The van der Waals surface area contributed by atoms with E-state index in [0.29, 0.717) is 15.7 Å². The summed E-state index contributed by atoms with van der Waals surface area (Å²) in [5, 5.41) is 11.3. The third kappa shape index (κ3) is 2.77. The zero-order valence-corrected chi connectivity index (χ0v) is 7.86. The number of amides is 2. The van der Waals surface area contributed by atoms with Gasteiger partial charge in [0.25, 0.3) is 0 Å². The molecule has 4 nitrogen and oxygen atoms in total. The summed E-state index contributed by atoms with van der Waals surface area (Å²) < 4.78 is 0. The highest BCUT2D eigenvalue weighted by Crippen LogP contribution is 2.25. The molecule has 13 heavy (non-hydrogen) atoms. The van der Waals surface area contributed by atoms with Crippen molar-refractivity contribution in [2.24, 2.45) is 0 Å². The number of hydroxylamine groups is 1. The second kappa shape index (κ2) is 4.32. The van der Waals surface area contributed by atoms with Crippen molar-refractivity contribution >= 4 is 34.9 Å². The van der Waals surface area contributed by atoms with Crippen LogP contribution in [0.2, 0.25) is 10.0 Å². The molecule has 70 valence electrons. The predicted molar refractivity (Wildman–Crippen MR) is 50.4 cm³/mol. The molecule has 0 unspecified atom stereocenters. The third-order valence-corrected chi connectivity index (χ3v) is 1.84. The number of nitrogens with one attached hydrogen (secondary N) is 2. The first-order chi connectivity index (χ1) is 6.13. The largest absolute Gasteiger partial charge is 0.342 e. The number of anilines is 1. The van der Waals surface area contributed by atoms with E-state index >= 15 is 0 Å². The minimum atomic E-state index is -0.774. The van der Waals surface area contributed by atoms with E-state index in [-0.39, 0.29) is 0 Å². The molecule has 0 atom stereocenters. The highest BCUT2D eigenvalue weighted by atomic mass is 35.5. The van der Waals surface area contributed by atoms with Crippen LogP contribution in [0.3, 0.4) is 0 Å². The van der Waals surface area contributed by atoms with E-state index in [1.54, 1.807) is 6.07 Å². The molecule has 0 aliphatic heterocycles. The maximum Gasteiger partial charge on any atom is 0.342 e. The van der Waals surface area contributed by atoms with Crippen molar-refractivity contribution in [1.29, 1.82) is 0 Å². The van der Waals surface area contributed by atoms with E-state index in [2.05, 4.69) is 5.32 Å². The Bertz CT molecular complexity index is 330. The van der Waals surface area contributed by atoms with Gasteiger partial charge in [0.15, 0.2) is 0 Å². The van der Waals surface area contributed by atoms with Crippen LogP contribution in [-0.4, -0.2) is 11.2 Å². The molecule has 0 heterocycles. The first kappa shape index (κ1) is 10.1. The Hall–Kier alpha value is -0.970. The lowest BCUT2D eigenvalue weighted by molar-refractivity contribution is 0.172. The second-order valence-corrected chi connectivity index (χ2v) is 3.03. The lowest BCUT2D eigenvalue weighted by Crippen LogP contribution is -2.25. The molecule has 6 heteroatoms. The zero-order valence-electron chi connectivity index (χ0n) is 6.34. The van der Waals surface area contributed by atoms with E-state index in [1.165, 1.54) is 17.6 Å². The lowest BCUT2D eigenvalue weighted by atomic mass is 10.3. The molecule has 0 bridgehead atoms. The summed E-state index contributed by atoms with van der Waals surface area (Å²) in [4.78, 5) is 10.7. The predicted octanol–water partition coefficient (Wildman–Crippen LogP) is 2.50. The number of carbonyl (C=O) groups excluding carboxylic acids is 1. The summed E-state index contributed by atoms with van der Waals surface area (Å²) in [5.74, 6) is 0. The molecule has 0 saturated heterocycles. The van der Waals surface area contributed by atoms with Crippen molar-refractivity contribution in [2.45, 2.75) is 0 Å². The van der Waals surface area contributed by atoms with E-state index in [0.717, 1.165) is 0 Å². The fraction of sp³-hybridized carbons (Fsp3) is 0. The molecule has 0 radical (unpaired) electrons. The van der Waals surface area contributed by atoms with Crippen LogP contribution in [-0.2, 0) is 0 Å². The minimum absolute atomic E-state index is 0.334. The van der Waals surface area contributed by atoms with Crippen molar-refractivity contribution in [3.63, 3.8) is 0 Å². The Kier molecular flexibility index (Phi) is 3.36. The number of urea groups is 1. The number of benzene rings is 1. The van der Waals surface area contributed by atoms with Gasteiger partial charge in [-0.3, -0.25) is 5.21 Å². The van der Waals surface area contributed by atoms with Gasteiger partial charge in [0.05, 0.1) is 10.7 Å². The monoisotopic (exact) mass is 220 g/mol. The van der Waals surface area contributed by atoms with Gasteiger partial charge in [0, 0.05) is 5.02 Å². The van der Waals surface area contributed by atoms with Crippen LogP contribution in [0.25, 0.3) is 0 Å². The van der Waals surface area contributed by atoms with Crippen molar-refractivity contribution in [1.82, 2.24) is 5.48 Å². The highest BCUT2D eigenvalue weighted by molar-refractivity contribution is 6.35. The maximum absolute atomic E-state index is 10.7. The number of carbonyl (C=O) groups is 1. The fourth-order valence-corrected chi connectivity index (χ4v) is 1.08. The van der Waals surface area contributed by atoms with E-state index in [1.807, 2.05) is 0 Å². The molecular formula is C7H6Cl2N2O2. The van der Waals surface area contributed by atoms with Gasteiger partial charge in [0.1, 0.15) is 0 Å². The van der Waals surface area contributed by atoms with E-state index in [9.17, 15) is 4.79 Å². The Morgan fingerprint density at radius 2 is 2.08 bits per heavy atom. The van der Waals surface area contributed by atoms with Gasteiger partial charge in [-0.25, -0.2) is 10.3 Å². The van der Waals surface area contributed by atoms with Crippen LogP contribution in [0.15, 0.2) is 18.2 Å². The van der Waals surface area contributed by atoms with Crippen LogP contribution in [0, 0.1) is 0 Å². The molecule has 1 aromatic carbocycles. The van der Waals surface area contributed by atoms with Gasteiger partial charge >= 0.3 is 6.03 Å². The molecular weight excluding hydrogens is 215 g/mol. The van der Waals surface area contributed by atoms with Gasteiger partial charge in [-0.2, -0.15) is 0 Å². The smallest absolute Gasteiger partial charge is 0.305 e. The summed E-state index contributed by atoms with van der Waals surface area (Å²) in [6, 6.07) is 3.83. The maximum atomic E-state index is 10.7. The average Bonchev–Trinajstić information content (AvgIpc) is 2.11. The minimum Gasteiger partial charge on any atom is -0.305 e. The molecule has 1 rings (SSSR count). The standard InChI is InChI=1S/C7H6Cl2N2O2/c8-4-1-2-5(9)6(3-4)10-7(12)11-13/h1-3,13H,(H2,10,11,12). The molecule has 0 saturated carbocycles. The number of hydrogen-bond donors (Lipinski definition) is 3. The summed E-state index contributed by atoms with van der Waals surface area (Å²) in [5.41, 5.74) is 1.74.